The monoisotopic (exact) mass is 176 g/mol. The van der Waals surface area contributed by atoms with Gasteiger partial charge in [-0.2, -0.15) is 12.6 Å². The number of hydrogen-bond acceptors (Lipinski definition) is 2. The van der Waals surface area contributed by atoms with Crippen LogP contribution in [0.4, 0.5) is 0 Å². The second-order valence-electron chi connectivity index (χ2n) is 4.88. The molecule has 0 rings (SSSR count). The zero-order valence-corrected chi connectivity index (χ0v) is 9.29. The van der Waals surface area contributed by atoms with E-state index in [-0.39, 0.29) is 10.2 Å². The van der Waals surface area contributed by atoms with Crippen molar-refractivity contribution in [1.29, 1.82) is 0 Å². The van der Waals surface area contributed by atoms with Crippen molar-refractivity contribution >= 4 is 12.6 Å². The molecule has 1 nitrogen and oxygen atoms in total. The van der Waals surface area contributed by atoms with Gasteiger partial charge in [0.1, 0.15) is 0 Å². The van der Waals surface area contributed by atoms with Crippen LogP contribution in [0.1, 0.15) is 41.5 Å². The van der Waals surface area contributed by atoms with E-state index in [1.807, 2.05) is 41.5 Å². The molecule has 11 heavy (non-hydrogen) atoms. The summed E-state index contributed by atoms with van der Waals surface area (Å²) in [6, 6.07) is 0. The molecular weight excluding hydrogens is 156 g/mol. The fourth-order valence-electron chi connectivity index (χ4n) is 0.918. The Morgan fingerprint density at radius 3 is 1.18 bits per heavy atom. The third kappa shape index (κ3) is 2.12. The van der Waals surface area contributed by atoms with Gasteiger partial charge in [0, 0.05) is 4.75 Å². The van der Waals surface area contributed by atoms with Crippen LogP contribution in [0.5, 0.6) is 0 Å². The lowest BCUT2D eigenvalue weighted by Gasteiger charge is -2.46. The van der Waals surface area contributed by atoms with Crippen LogP contribution < -0.4 is 0 Å². The van der Waals surface area contributed by atoms with E-state index in [1.165, 1.54) is 0 Å². The normalized spacial score (nSPS) is 19.6. The van der Waals surface area contributed by atoms with Gasteiger partial charge in [0.15, 0.2) is 0 Å². The molecule has 1 unspecified atom stereocenters. The van der Waals surface area contributed by atoms with Crippen molar-refractivity contribution in [1.82, 2.24) is 0 Å². The Morgan fingerprint density at radius 2 is 1.18 bits per heavy atom. The largest absolute Gasteiger partial charge is 0.388 e. The molecule has 0 aromatic heterocycles. The fraction of sp³-hybridized carbons (Fsp3) is 1.00. The lowest BCUT2D eigenvalue weighted by molar-refractivity contribution is -0.0641. The first-order valence-electron chi connectivity index (χ1n) is 3.95. The van der Waals surface area contributed by atoms with E-state index in [0.29, 0.717) is 0 Å². The minimum Gasteiger partial charge on any atom is -0.388 e. The molecule has 0 aliphatic carbocycles. The van der Waals surface area contributed by atoms with E-state index in [0.717, 1.165) is 0 Å². The fourth-order valence-corrected chi connectivity index (χ4v) is 1.25. The Kier molecular flexibility index (Phi) is 2.74. The summed E-state index contributed by atoms with van der Waals surface area (Å²) < 4.78 is -0.370. The molecule has 0 amide bonds. The lowest BCUT2D eigenvalue weighted by Crippen LogP contribution is -2.53. The van der Waals surface area contributed by atoms with Crippen LogP contribution in [0.2, 0.25) is 0 Å². The third-order valence-corrected chi connectivity index (χ3v) is 3.09. The summed E-state index contributed by atoms with van der Waals surface area (Å²) in [7, 11) is 0. The smallest absolute Gasteiger partial charge is 0.0805 e. The number of hydrogen-bond donors (Lipinski definition) is 2. The van der Waals surface area contributed by atoms with Gasteiger partial charge in [0.05, 0.1) is 5.60 Å². The molecule has 0 aromatic rings. The number of thiol groups is 1. The van der Waals surface area contributed by atoms with Gasteiger partial charge in [-0.3, -0.25) is 0 Å². The first kappa shape index (κ1) is 11.3. The maximum absolute atomic E-state index is 10.1. The van der Waals surface area contributed by atoms with Crippen molar-refractivity contribution in [2.24, 2.45) is 5.41 Å². The molecule has 0 aromatic carbocycles. The molecular formula is C9H20OS. The van der Waals surface area contributed by atoms with Gasteiger partial charge in [0.2, 0.25) is 0 Å². The molecule has 0 fully saturated rings. The average molecular weight is 176 g/mol. The SMILES string of the molecule is CC(C)(C)C(C)(O)C(C)(C)S. The molecule has 1 atom stereocenters. The first-order valence-corrected chi connectivity index (χ1v) is 4.39. The maximum Gasteiger partial charge on any atom is 0.0805 e. The van der Waals surface area contributed by atoms with E-state index < -0.39 is 5.60 Å². The zero-order valence-electron chi connectivity index (χ0n) is 8.39. The molecule has 1 N–H and O–H groups in total. The van der Waals surface area contributed by atoms with E-state index in [9.17, 15) is 5.11 Å². The Balaban J connectivity index is 4.75. The molecule has 0 bridgehead atoms. The molecule has 68 valence electrons. The van der Waals surface area contributed by atoms with Gasteiger partial charge < -0.3 is 5.11 Å². The standard InChI is InChI=1S/C9H20OS/c1-7(2,3)9(6,10)8(4,5)11/h10-11H,1-6H3. The Bertz CT molecular complexity index is 121. The summed E-state index contributed by atoms with van der Waals surface area (Å²) in [6.07, 6.45) is 0. The van der Waals surface area contributed by atoms with Crippen LogP contribution in [-0.2, 0) is 0 Å². The van der Waals surface area contributed by atoms with Gasteiger partial charge in [0.25, 0.3) is 0 Å². The highest BCUT2D eigenvalue weighted by atomic mass is 32.1. The van der Waals surface area contributed by atoms with Crippen LogP contribution in [0.25, 0.3) is 0 Å². The van der Waals surface area contributed by atoms with Crippen LogP contribution in [0.15, 0.2) is 0 Å². The van der Waals surface area contributed by atoms with Gasteiger partial charge in [-0.1, -0.05) is 20.8 Å². The molecule has 0 spiro atoms. The molecule has 0 radical (unpaired) electrons. The van der Waals surface area contributed by atoms with Gasteiger partial charge in [-0.25, -0.2) is 0 Å². The highest BCUT2D eigenvalue weighted by molar-refractivity contribution is 7.81. The summed E-state index contributed by atoms with van der Waals surface area (Å²) in [4.78, 5) is 0. The van der Waals surface area contributed by atoms with Crippen molar-refractivity contribution in [2.75, 3.05) is 0 Å². The minimum atomic E-state index is -0.761. The van der Waals surface area contributed by atoms with Gasteiger partial charge >= 0.3 is 0 Å². The lowest BCUT2D eigenvalue weighted by atomic mass is 9.71. The van der Waals surface area contributed by atoms with E-state index in [1.54, 1.807) is 0 Å². The molecule has 0 saturated carbocycles. The summed E-state index contributed by atoms with van der Waals surface area (Å²) in [6.45, 7) is 11.8. The maximum atomic E-state index is 10.1. The van der Waals surface area contributed by atoms with Crippen LogP contribution in [0.3, 0.4) is 0 Å². The Labute approximate surface area is 75.6 Å². The topological polar surface area (TPSA) is 20.2 Å². The summed E-state index contributed by atoms with van der Waals surface area (Å²) >= 11 is 4.38. The minimum absolute atomic E-state index is 0.141. The van der Waals surface area contributed by atoms with Crippen molar-refractivity contribution in [3.63, 3.8) is 0 Å². The quantitative estimate of drug-likeness (QED) is 0.588. The van der Waals surface area contributed by atoms with E-state index in [2.05, 4.69) is 12.6 Å². The van der Waals surface area contributed by atoms with Crippen molar-refractivity contribution in [3.8, 4) is 0 Å². The predicted octanol–water partition coefficient (Wildman–Crippen LogP) is 2.49. The summed E-state index contributed by atoms with van der Waals surface area (Å²) in [5.74, 6) is 0. The van der Waals surface area contributed by atoms with Gasteiger partial charge in [-0.05, 0) is 26.2 Å². The molecule has 0 heterocycles. The van der Waals surface area contributed by atoms with Crippen molar-refractivity contribution in [2.45, 2.75) is 51.9 Å². The van der Waals surface area contributed by atoms with Gasteiger partial charge in [-0.15, -0.1) is 0 Å². The Morgan fingerprint density at radius 1 is 0.909 bits per heavy atom. The molecule has 0 aliphatic rings. The zero-order chi connectivity index (χ0) is 9.50. The molecule has 0 saturated heterocycles. The summed E-state index contributed by atoms with van der Waals surface area (Å²) in [5, 5.41) is 10.1. The highest BCUT2D eigenvalue weighted by Gasteiger charge is 2.45. The van der Waals surface area contributed by atoms with Crippen LogP contribution >= 0.6 is 12.6 Å². The third-order valence-electron chi connectivity index (χ3n) is 2.65. The van der Waals surface area contributed by atoms with Crippen molar-refractivity contribution in [3.05, 3.63) is 0 Å². The first-order chi connectivity index (χ1) is 4.50. The van der Waals surface area contributed by atoms with E-state index >= 15 is 0 Å². The number of rotatable bonds is 1. The molecule has 2 heteroatoms. The Hall–Kier alpha value is 0.310. The van der Waals surface area contributed by atoms with Crippen LogP contribution in [0, 0.1) is 5.41 Å². The second-order valence-corrected chi connectivity index (χ2v) is 6.00. The molecule has 0 aliphatic heterocycles. The highest BCUT2D eigenvalue weighted by Crippen LogP contribution is 2.41. The van der Waals surface area contributed by atoms with Crippen molar-refractivity contribution < 1.29 is 5.11 Å². The number of aliphatic hydroxyl groups is 1. The second kappa shape index (κ2) is 2.67. The predicted molar refractivity (Wildman–Crippen MR) is 53.1 cm³/mol. The van der Waals surface area contributed by atoms with E-state index in [4.69, 9.17) is 0 Å². The van der Waals surface area contributed by atoms with Crippen LogP contribution in [-0.4, -0.2) is 15.5 Å². The average Bonchev–Trinajstić information content (AvgIpc) is 1.58. The summed E-state index contributed by atoms with van der Waals surface area (Å²) in [5.41, 5.74) is -0.901.